The highest BCUT2D eigenvalue weighted by Gasteiger charge is 2.04. The molecule has 3 nitrogen and oxygen atoms in total. The minimum atomic E-state index is -0.0529. The lowest BCUT2D eigenvalue weighted by Crippen LogP contribution is -1.93. The van der Waals surface area contributed by atoms with E-state index >= 15 is 0 Å². The van der Waals surface area contributed by atoms with Gasteiger partial charge in [0.15, 0.2) is 5.75 Å². The highest BCUT2D eigenvalue weighted by atomic mass is 16.5. The number of aryl methyl sites for hydroxylation is 2. The Hall–Kier alpha value is -1.87. The normalized spacial score (nSPS) is 10.3. The van der Waals surface area contributed by atoms with Crippen LogP contribution in [0.3, 0.4) is 0 Å². The number of nitrogens with zero attached hydrogens (tertiary/aromatic N) is 1. The summed E-state index contributed by atoms with van der Waals surface area (Å²) in [5.74, 6) is 1.37. The zero-order valence-corrected chi connectivity index (χ0v) is 9.97. The average molecular weight is 229 g/mol. The number of aromatic nitrogens is 1. The molecule has 0 aliphatic rings. The van der Waals surface area contributed by atoms with Crippen molar-refractivity contribution in [2.45, 2.75) is 20.5 Å². The van der Waals surface area contributed by atoms with Gasteiger partial charge >= 0.3 is 0 Å². The lowest BCUT2D eigenvalue weighted by molar-refractivity contribution is 0.276. The summed E-state index contributed by atoms with van der Waals surface area (Å²) in [6, 6.07) is 7.75. The van der Waals surface area contributed by atoms with E-state index in [0.29, 0.717) is 5.75 Å². The average Bonchev–Trinajstić information content (AvgIpc) is 2.28. The molecule has 0 atom stereocenters. The first-order valence-electron chi connectivity index (χ1n) is 5.49. The Bertz CT molecular complexity index is 503. The van der Waals surface area contributed by atoms with Gasteiger partial charge in [0.05, 0.1) is 12.8 Å². The highest BCUT2D eigenvalue weighted by Crippen LogP contribution is 2.26. The molecule has 1 aromatic carbocycles. The fourth-order valence-corrected chi connectivity index (χ4v) is 1.75. The fourth-order valence-electron chi connectivity index (χ4n) is 1.75. The first-order valence-corrected chi connectivity index (χ1v) is 5.49. The number of aliphatic hydroxyl groups is 1. The van der Waals surface area contributed by atoms with Crippen LogP contribution < -0.4 is 4.74 Å². The molecular formula is C14H15NO2. The Kier molecular flexibility index (Phi) is 3.40. The maximum atomic E-state index is 9.20. The van der Waals surface area contributed by atoms with E-state index in [4.69, 9.17) is 4.74 Å². The van der Waals surface area contributed by atoms with E-state index in [1.807, 2.05) is 26.0 Å². The molecule has 1 N–H and O–H groups in total. The van der Waals surface area contributed by atoms with Crippen LogP contribution in [0.2, 0.25) is 0 Å². The van der Waals surface area contributed by atoms with Crippen molar-refractivity contribution in [3.63, 3.8) is 0 Å². The van der Waals surface area contributed by atoms with E-state index < -0.39 is 0 Å². The number of aliphatic hydroxyl groups excluding tert-OH is 1. The topological polar surface area (TPSA) is 42.4 Å². The lowest BCUT2D eigenvalue weighted by atomic mass is 10.1. The summed E-state index contributed by atoms with van der Waals surface area (Å²) in [6.07, 6.45) is 3.25. The number of rotatable bonds is 3. The van der Waals surface area contributed by atoms with Crippen molar-refractivity contribution in [2.75, 3.05) is 0 Å². The van der Waals surface area contributed by atoms with Crippen LogP contribution in [0.25, 0.3) is 0 Å². The summed E-state index contributed by atoms with van der Waals surface area (Å²) >= 11 is 0. The first kappa shape index (κ1) is 11.6. The van der Waals surface area contributed by atoms with Gasteiger partial charge in [0.25, 0.3) is 0 Å². The Balaban J connectivity index is 2.31. The molecular weight excluding hydrogens is 214 g/mol. The Morgan fingerprint density at radius 2 is 1.88 bits per heavy atom. The van der Waals surface area contributed by atoms with Gasteiger partial charge in [0.2, 0.25) is 0 Å². The third kappa shape index (κ3) is 2.82. The summed E-state index contributed by atoms with van der Waals surface area (Å²) < 4.78 is 5.74. The molecule has 0 radical (unpaired) electrons. The van der Waals surface area contributed by atoms with E-state index in [-0.39, 0.29) is 6.61 Å². The molecule has 1 aromatic heterocycles. The minimum absolute atomic E-state index is 0.0529. The van der Waals surface area contributed by atoms with Gasteiger partial charge in [-0.05, 0) is 43.2 Å². The summed E-state index contributed by atoms with van der Waals surface area (Å²) in [5.41, 5.74) is 3.03. The molecule has 0 saturated heterocycles. The fraction of sp³-hybridized carbons (Fsp3) is 0.214. The molecule has 0 unspecified atom stereocenters. The third-order valence-corrected chi connectivity index (χ3v) is 2.46. The van der Waals surface area contributed by atoms with Crippen LogP contribution in [0.4, 0.5) is 0 Å². The van der Waals surface area contributed by atoms with Crippen LogP contribution >= 0.6 is 0 Å². The predicted molar refractivity (Wildman–Crippen MR) is 66.1 cm³/mol. The Labute approximate surface area is 101 Å². The molecule has 3 heteroatoms. The smallest absolute Gasteiger partial charge is 0.151 e. The van der Waals surface area contributed by atoms with Crippen LogP contribution in [0.1, 0.15) is 16.7 Å². The van der Waals surface area contributed by atoms with Gasteiger partial charge < -0.3 is 9.84 Å². The molecule has 0 bridgehead atoms. The molecule has 2 rings (SSSR count). The first-order chi connectivity index (χ1) is 8.19. The van der Waals surface area contributed by atoms with Crippen LogP contribution in [0, 0.1) is 13.8 Å². The van der Waals surface area contributed by atoms with Crippen molar-refractivity contribution in [3.05, 3.63) is 53.3 Å². The van der Waals surface area contributed by atoms with Crippen molar-refractivity contribution in [3.8, 4) is 11.5 Å². The van der Waals surface area contributed by atoms with Crippen molar-refractivity contribution < 1.29 is 9.84 Å². The van der Waals surface area contributed by atoms with Crippen molar-refractivity contribution in [1.82, 2.24) is 4.98 Å². The van der Waals surface area contributed by atoms with Gasteiger partial charge in [-0.2, -0.15) is 0 Å². The Morgan fingerprint density at radius 3 is 2.53 bits per heavy atom. The molecule has 0 amide bonds. The van der Waals surface area contributed by atoms with E-state index in [2.05, 4.69) is 11.1 Å². The van der Waals surface area contributed by atoms with Gasteiger partial charge in [-0.15, -0.1) is 0 Å². The van der Waals surface area contributed by atoms with Crippen LogP contribution in [0.15, 0.2) is 36.7 Å². The second kappa shape index (κ2) is 4.97. The van der Waals surface area contributed by atoms with Crippen LogP contribution in [-0.2, 0) is 6.61 Å². The zero-order chi connectivity index (χ0) is 12.3. The minimum Gasteiger partial charge on any atom is -0.455 e. The molecule has 17 heavy (non-hydrogen) atoms. The maximum absolute atomic E-state index is 9.20. The summed E-state index contributed by atoms with van der Waals surface area (Å²) in [6.45, 7) is 3.99. The number of hydrogen-bond acceptors (Lipinski definition) is 3. The van der Waals surface area contributed by atoms with Crippen molar-refractivity contribution in [2.24, 2.45) is 0 Å². The van der Waals surface area contributed by atoms with E-state index in [0.717, 1.165) is 22.4 Å². The third-order valence-electron chi connectivity index (χ3n) is 2.46. The number of benzene rings is 1. The van der Waals surface area contributed by atoms with E-state index in [1.165, 1.54) is 0 Å². The second-order valence-electron chi connectivity index (χ2n) is 4.07. The van der Waals surface area contributed by atoms with Crippen LogP contribution in [-0.4, -0.2) is 10.1 Å². The highest BCUT2D eigenvalue weighted by molar-refractivity contribution is 5.38. The van der Waals surface area contributed by atoms with Gasteiger partial charge in [0, 0.05) is 11.8 Å². The standard InChI is InChI=1S/C14H15NO2/c1-10-5-11(2)7-13(6-10)17-14-8-15-4-3-12(14)9-16/h3-8,16H,9H2,1-2H3. The summed E-state index contributed by atoms with van der Waals surface area (Å²) in [4.78, 5) is 4.00. The monoisotopic (exact) mass is 229 g/mol. The number of pyridine rings is 1. The van der Waals surface area contributed by atoms with Gasteiger partial charge in [-0.25, -0.2) is 0 Å². The molecule has 0 saturated carbocycles. The lowest BCUT2D eigenvalue weighted by Gasteiger charge is -2.10. The van der Waals surface area contributed by atoms with Crippen LogP contribution in [0.5, 0.6) is 11.5 Å². The maximum Gasteiger partial charge on any atom is 0.151 e. The second-order valence-corrected chi connectivity index (χ2v) is 4.07. The number of hydrogen-bond donors (Lipinski definition) is 1. The molecule has 88 valence electrons. The van der Waals surface area contributed by atoms with Gasteiger partial charge in [-0.1, -0.05) is 6.07 Å². The number of ether oxygens (including phenoxy) is 1. The molecule has 2 aromatic rings. The van der Waals surface area contributed by atoms with E-state index in [1.54, 1.807) is 18.5 Å². The summed E-state index contributed by atoms with van der Waals surface area (Å²) in [7, 11) is 0. The molecule has 0 spiro atoms. The SMILES string of the molecule is Cc1cc(C)cc(Oc2cnccc2CO)c1. The molecule has 0 aliphatic heterocycles. The quantitative estimate of drug-likeness (QED) is 0.879. The van der Waals surface area contributed by atoms with Crippen molar-refractivity contribution in [1.29, 1.82) is 0 Å². The largest absolute Gasteiger partial charge is 0.455 e. The van der Waals surface area contributed by atoms with Crippen molar-refractivity contribution >= 4 is 0 Å². The Morgan fingerprint density at radius 1 is 1.18 bits per heavy atom. The molecule has 0 fully saturated rings. The zero-order valence-electron chi connectivity index (χ0n) is 9.97. The summed E-state index contributed by atoms with van der Waals surface area (Å²) in [5, 5.41) is 9.20. The van der Waals surface area contributed by atoms with Gasteiger partial charge in [0.1, 0.15) is 5.75 Å². The molecule has 0 aliphatic carbocycles. The predicted octanol–water partition coefficient (Wildman–Crippen LogP) is 2.98. The van der Waals surface area contributed by atoms with E-state index in [9.17, 15) is 5.11 Å². The molecule has 1 heterocycles. The van der Waals surface area contributed by atoms with Gasteiger partial charge in [-0.3, -0.25) is 4.98 Å².